The molecule has 0 atom stereocenters. The predicted octanol–water partition coefficient (Wildman–Crippen LogP) is 4.09. The van der Waals surface area contributed by atoms with Crippen LogP contribution >= 0.6 is 15.9 Å². The van der Waals surface area contributed by atoms with Crippen LogP contribution in [0.25, 0.3) is 0 Å². The van der Waals surface area contributed by atoms with Crippen molar-refractivity contribution in [3.63, 3.8) is 0 Å². The quantitative estimate of drug-likeness (QED) is 0.734. The fourth-order valence-electron chi connectivity index (χ4n) is 2.33. The Labute approximate surface area is 154 Å². The average molecular weight is 423 g/mol. The van der Waals surface area contributed by atoms with Crippen molar-refractivity contribution in [3.05, 3.63) is 33.8 Å². The standard InChI is InChI=1S/C17H22BrF3N2O2/c1-16(2,3)15(24)25-23-8-6-22(7-9-23)11-12-4-5-13(10-14(12)18)17(19,20)21/h4-5,10H,6-9,11H2,1-3H3. The SMILES string of the molecule is CC(C)(C)C(=O)ON1CCN(Cc2ccc(C(F)(F)F)cc2Br)CC1. The van der Waals surface area contributed by atoms with Crippen LogP contribution in [0.3, 0.4) is 0 Å². The second-order valence-electron chi connectivity index (χ2n) is 7.14. The average Bonchev–Trinajstić information content (AvgIpc) is 2.49. The maximum absolute atomic E-state index is 12.7. The van der Waals surface area contributed by atoms with Gasteiger partial charge in [-0.05, 0) is 38.5 Å². The Bertz CT molecular complexity index is 621. The number of halogens is 4. The molecule has 2 rings (SSSR count). The summed E-state index contributed by atoms with van der Waals surface area (Å²) in [6.07, 6.45) is -4.34. The van der Waals surface area contributed by atoms with Crippen molar-refractivity contribution in [1.82, 2.24) is 9.96 Å². The van der Waals surface area contributed by atoms with Crippen LogP contribution in [0, 0.1) is 5.41 Å². The van der Waals surface area contributed by atoms with Gasteiger partial charge in [-0.3, -0.25) is 4.90 Å². The van der Waals surface area contributed by atoms with Gasteiger partial charge in [-0.25, -0.2) is 4.79 Å². The highest BCUT2D eigenvalue weighted by Gasteiger charge is 2.31. The molecule has 1 saturated heterocycles. The lowest BCUT2D eigenvalue weighted by molar-refractivity contribution is -0.207. The molecule has 1 aliphatic rings. The summed E-state index contributed by atoms with van der Waals surface area (Å²) in [6, 6.07) is 3.71. The maximum Gasteiger partial charge on any atom is 0.416 e. The zero-order chi connectivity index (χ0) is 18.8. The fourth-order valence-corrected chi connectivity index (χ4v) is 2.83. The van der Waals surface area contributed by atoms with Gasteiger partial charge in [-0.2, -0.15) is 13.2 Å². The van der Waals surface area contributed by atoms with E-state index in [0.717, 1.165) is 17.7 Å². The smallest absolute Gasteiger partial charge is 0.367 e. The number of hydroxylamine groups is 2. The molecule has 0 aromatic heterocycles. The normalized spacial score (nSPS) is 17.6. The third-order valence-electron chi connectivity index (χ3n) is 3.93. The fraction of sp³-hybridized carbons (Fsp3) is 0.588. The van der Waals surface area contributed by atoms with Crippen LogP contribution < -0.4 is 0 Å². The Balaban J connectivity index is 1.89. The summed E-state index contributed by atoms with van der Waals surface area (Å²) < 4.78 is 38.6. The number of carbonyl (C=O) groups is 1. The van der Waals surface area contributed by atoms with Crippen molar-refractivity contribution in [1.29, 1.82) is 0 Å². The number of nitrogens with zero attached hydrogens (tertiary/aromatic N) is 2. The molecule has 25 heavy (non-hydrogen) atoms. The largest absolute Gasteiger partial charge is 0.416 e. The van der Waals surface area contributed by atoms with Gasteiger partial charge < -0.3 is 4.84 Å². The minimum Gasteiger partial charge on any atom is -0.367 e. The van der Waals surface area contributed by atoms with Crippen molar-refractivity contribution in [2.75, 3.05) is 26.2 Å². The van der Waals surface area contributed by atoms with E-state index in [1.54, 1.807) is 25.8 Å². The van der Waals surface area contributed by atoms with Crippen LogP contribution in [0.2, 0.25) is 0 Å². The Morgan fingerprint density at radius 3 is 2.24 bits per heavy atom. The molecule has 1 fully saturated rings. The molecular weight excluding hydrogens is 401 g/mol. The summed E-state index contributed by atoms with van der Waals surface area (Å²) in [7, 11) is 0. The number of hydrogen-bond donors (Lipinski definition) is 0. The van der Waals surface area contributed by atoms with Crippen molar-refractivity contribution in [3.8, 4) is 0 Å². The summed E-state index contributed by atoms with van der Waals surface area (Å²) in [5.74, 6) is -0.272. The molecular formula is C17H22BrF3N2O2. The molecule has 140 valence electrons. The second kappa shape index (κ2) is 7.63. The topological polar surface area (TPSA) is 32.8 Å². The molecule has 0 amide bonds. The molecule has 0 aliphatic carbocycles. The number of benzene rings is 1. The van der Waals surface area contributed by atoms with Crippen molar-refractivity contribution in [2.24, 2.45) is 5.41 Å². The van der Waals surface area contributed by atoms with E-state index in [1.807, 2.05) is 0 Å². The van der Waals surface area contributed by atoms with Crippen LogP contribution in [-0.2, 0) is 22.4 Å². The Morgan fingerprint density at radius 1 is 1.16 bits per heavy atom. The highest BCUT2D eigenvalue weighted by Crippen LogP contribution is 2.32. The lowest BCUT2D eigenvalue weighted by Crippen LogP contribution is -2.47. The summed E-state index contributed by atoms with van der Waals surface area (Å²) in [5, 5.41) is 1.64. The van der Waals surface area contributed by atoms with E-state index in [0.29, 0.717) is 37.2 Å². The summed E-state index contributed by atoms with van der Waals surface area (Å²) in [5.41, 5.74) is -0.419. The van der Waals surface area contributed by atoms with Crippen molar-refractivity contribution >= 4 is 21.9 Å². The van der Waals surface area contributed by atoms with Gasteiger partial charge in [0.15, 0.2) is 0 Å². The molecule has 0 radical (unpaired) electrons. The molecule has 0 bridgehead atoms. The van der Waals surface area contributed by atoms with Gasteiger partial charge in [0.2, 0.25) is 0 Å². The van der Waals surface area contributed by atoms with Crippen LogP contribution in [0.1, 0.15) is 31.9 Å². The third kappa shape index (κ3) is 5.69. The van der Waals surface area contributed by atoms with Gasteiger partial charge in [0.25, 0.3) is 0 Å². The van der Waals surface area contributed by atoms with Crippen LogP contribution in [0.4, 0.5) is 13.2 Å². The molecule has 0 spiro atoms. The molecule has 0 N–H and O–H groups in total. The first-order chi connectivity index (χ1) is 11.5. The van der Waals surface area contributed by atoms with Gasteiger partial charge in [0.1, 0.15) is 0 Å². The van der Waals surface area contributed by atoms with E-state index >= 15 is 0 Å². The number of alkyl halides is 3. The van der Waals surface area contributed by atoms with Gasteiger partial charge in [0.05, 0.1) is 11.0 Å². The Morgan fingerprint density at radius 2 is 1.76 bits per heavy atom. The van der Waals surface area contributed by atoms with E-state index in [9.17, 15) is 18.0 Å². The summed E-state index contributed by atoms with van der Waals surface area (Å²) >= 11 is 3.23. The highest BCUT2D eigenvalue weighted by atomic mass is 79.9. The van der Waals surface area contributed by atoms with Gasteiger partial charge in [-0.1, -0.05) is 22.0 Å². The Kier molecular flexibility index (Phi) is 6.17. The zero-order valence-electron chi connectivity index (χ0n) is 14.5. The first-order valence-electron chi connectivity index (χ1n) is 8.02. The van der Waals surface area contributed by atoms with E-state index in [1.165, 1.54) is 6.07 Å². The number of hydrogen-bond acceptors (Lipinski definition) is 4. The van der Waals surface area contributed by atoms with Gasteiger partial charge >= 0.3 is 12.1 Å². The maximum atomic E-state index is 12.7. The van der Waals surface area contributed by atoms with Gasteiger partial charge in [0, 0.05) is 37.2 Å². The van der Waals surface area contributed by atoms with E-state index in [2.05, 4.69) is 20.8 Å². The molecule has 1 aromatic rings. The third-order valence-corrected chi connectivity index (χ3v) is 4.67. The number of rotatable bonds is 3. The molecule has 0 unspecified atom stereocenters. The predicted molar refractivity (Wildman–Crippen MR) is 91.5 cm³/mol. The lowest BCUT2D eigenvalue weighted by atomic mass is 9.98. The first-order valence-corrected chi connectivity index (χ1v) is 8.81. The highest BCUT2D eigenvalue weighted by molar-refractivity contribution is 9.10. The van der Waals surface area contributed by atoms with Gasteiger partial charge in [-0.15, -0.1) is 5.06 Å². The van der Waals surface area contributed by atoms with Crippen LogP contribution in [0.15, 0.2) is 22.7 Å². The van der Waals surface area contributed by atoms with Crippen LogP contribution in [0.5, 0.6) is 0 Å². The van der Waals surface area contributed by atoms with E-state index in [-0.39, 0.29) is 5.97 Å². The van der Waals surface area contributed by atoms with E-state index < -0.39 is 17.2 Å². The van der Waals surface area contributed by atoms with Crippen molar-refractivity contribution in [2.45, 2.75) is 33.5 Å². The second-order valence-corrected chi connectivity index (χ2v) is 7.99. The molecule has 0 saturated carbocycles. The minimum absolute atomic E-state index is 0.272. The van der Waals surface area contributed by atoms with Crippen LogP contribution in [-0.4, -0.2) is 42.1 Å². The molecule has 8 heteroatoms. The molecule has 1 heterocycles. The van der Waals surface area contributed by atoms with Crippen molar-refractivity contribution < 1.29 is 22.8 Å². The van der Waals surface area contributed by atoms with E-state index in [4.69, 9.17) is 4.84 Å². The summed E-state index contributed by atoms with van der Waals surface area (Å²) in [6.45, 7) is 8.42. The Hall–Kier alpha value is -1.12. The first kappa shape index (κ1) is 20.2. The molecule has 1 aliphatic heterocycles. The number of piperazine rings is 1. The minimum atomic E-state index is -4.34. The molecule has 1 aromatic carbocycles. The molecule has 4 nitrogen and oxygen atoms in total. The lowest BCUT2D eigenvalue weighted by Gasteiger charge is -2.34. The summed E-state index contributed by atoms with van der Waals surface area (Å²) in [4.78, 5) is 19.4. The monoisotopic (exact) mass is 422 g/mol. The number of carbonyl (C=O) groups excluding carboxylic acids is 1. The zero-order valence-corrected chi connectivity index (χ0v) is 16.1.